The number of amides is 1. The second-order valence-corrected chi connectivity index (χ2v) is 7.64. The van der Waals surface area contributed by atoms with E-state index in [1.165, 1.54) is 11.6 Å². The third-order valence-corrected chi connectivity index (χ3v) is 5.40. The minimum absolute atomic E-state index is 0.165. The zero-order valence-corrected chi connectivity index (χ0v) is 17.5. The molecule has 6 nitrogen and oxygen atoms in total. The molecule has 1 fully saturated rings. The van der Waals surface area contributed by atoms with E-state index in [4.69, 9.17) is 25.8 Å². The summed E-state index contributed by atoms with van der Waals surface area (Å²) >= 11 is 6.25. The molecule has 0 aromatic heterocycles. The van der Waals surface area contributed by atoms with Crippen molar-refractivity contribution in [2.45, 2.75) is 13.1 Å². The normalized spacial score (nSPS) is 16.6. The Kier molecular flexibility index (Phi) is 6.89. The maximum absolute atomic E-state index is 12.4. The number of halogens is 1. The fourth-order valence-corrected chi connectivity index (χ4v) is 3.80. The highest BCUT2D eigenvalue weighted by Crippen LogP contribution is 2.38. The molecule has 158 valence electrons. The Morgan fingerprint density at radius 2 is 1.83 bits per heavy atom. The van der Waals surface area contributed by atoms with Crippen molar-refractivity contribution in [1.29, 1.82) is 0 Å². The second-order valence-electron chi connectivity index (χ2n) is 7.24. The fourth-order valence-electron chi connectivity index (χ4n) is 3.52. The van der Waals surface area contributed by atoms with Crippen LogP contribution in [0.25, 0.3) is 6.08 Å². The third kappa shape index (κ3) is 5.33. The van der Waals surface area contributed by atoms with Gasteiger partial charge in [-0.2, -0.15) is 0 Å². The number of nitrogens with zero attached hydrogens (tertiary/aromatic N) is 1. The largest absolute Gasteiger partial charge is 0.486 e. The monoisotopic (exact) mass is 428 g/mol. The van der Waals surface area contributed by atoms with Crippen molar-refractivity contribution >= 4 is 23.6 Å². The summed E-state index contributed by atoms with van der Waals surface area (Å²) in [6.07, 6.45) is 3.23. The molecule has 0 radical (unpaired) electrons. The van der Waals surface area contributed by atoms with Crippen LogP contribution in [0.4, 0.5) is 0 Å². The van der Waals surface area contributed by atoms with Crippen molar-refractivity contribution < 1.29 is 19.0 Å². The topological polar surface area (TPSA) is 60.0 Å². The van der Waals surface area contributed by atoms with Gasteiger partial charge in [-0.15, -0.1) is 0 Å². The van der Waals surface area contributed by atoms with E-state index in [1.54, 1.807) is 12.1 Å². The summed E-state index contributed by atoms with van der Waals surface area (Å²) in [5, 5.41) is 3.44. The molecule has 0 atom stereocenters. The lowest BCUT2D eigenvalue weighted by Gasteiger charge is -2.27. The average Bonchev–Trinajstić information content (AvgIpc) is 2.78. The molecule has 4 rings (SSSR count). The Labute approximate surface area is 181 Å². The van der Waals surface area contributed by atoms with Crippen LogP contribution in [0.2, 0.25) is 5.02 Å². The summed E-state index contributed by atoms with van der Waals surface area (Å²) in [6, 6.07) is 11.8. The van der Waals surface area contributed by atoms with Gasteiger partial charge in [0, 0.05) is 32.3 Å². The van der Waals surface area contributed by atoms with Crippen molar-refractivity contribution in [3.8, 4) is 11.5 Å². The maximum Gasteiger partial charge on any atom is 0.244 e. The van der Waals surface area contributed by atoms with Crippen LogP contribution >= 0.6 is 11.6 Å². The van der Waals surface area contributed by atoms with Gasteiger partial charge in [0.1, 0.15) is 13.2 Å². The van der Waals surface area contributed by atoms with Gasteiger partial charge < -0.3 is 19.5 Å². The summed E-state index contributed by atoms with van der Waals surface area (Å²) in [7, 11) is 0. The quantitative estimate of drug-likeness (QED) is 0.715. The zero-order chi connectivity index (χ0) is 20.8. The van der Waals surface area contributed by atoms with Crippen molar-refractivity contribution in [2.75, 3.05) is 39.5 Å². The highest BCUT2D eigenvalue weighted by Gasteiger charge is 2.16. The van der Waals surface area contributed by atoms with Gasteiger partial charge in [0.25, 0.3) is 0 Å². The number of rotatable bonds is 6. The molecule has 2 aliphatic heterocycles. The van der Waals surface area contributed by atoms with E-state index in [1.807, 2.05) is 18.2 Å². The van der Waals surface area contributed by atoms with Crippen LogP contribution in [0.15, 0.2) is 42.5 Å². The van der Waals surface area contributed by atoms with Crippen LogP contribution in [0, 0.1) is 0 Å². The van der Waals surface area contributed by atoms with Crippen molar-refractivity contribution in [3.63, 3.8) is 0 Å². The zero-order valence-electron chi connectivity index (χ0n) is 16.7. The number of hydrogen-bond donors (Lipinski definition) is 1. The molecule has 0 spiro atoms. The van der Waals surface area contributed by atoms with Crippen LogP contribution in [-0.4, -0.2) is 50.3 Å². The minimum atomic E-state index is -0.165. The Bertz CT molecular complexity index is 925. The first-order valence-electron chi connectivity index (χ1n) is 10.1. The lowest BCUT2D eigenvalue weighted by Crippen LogP contribution is -2.36. The maximum atomic E-state index is 12.4. The van der Waals surface area contributed by atoms with Gasteiger partial charge in [-0.05, 0) is 34.9 Å². The molecule has 2 aromatic rings. The van der Waals surface area contributed by atoms with Gasteiger partial charge in [0.2, 0.25) is 5.91 Å². The first kappa shape index (κ1) is 20.7. The van der Waals surface area contributed by atoms with E-state index >= 15 is 0 Å². The van der Waals surface area contributed by atoms with E-state index in [-0.39, 0.29) is 5.91 Å². The van der Waals surface area contributed by atoms with Gasteiger partial charge in [0.05, 0.1) is 18.2 Å². The average molecular weight is 429 g/mol. The Morgan fingerprint density at radius 1 is 1.07 bits per heavy atom. The van der Waals surface area contributed by atoms with Gasteiger partial charge in [0.15, 0.2) is 11.5 Å². The number of fused-ring (bicyclic) bond motifs is 1. The van der Waals surface area contributed by atoms with Crippen LogP contribution < -0.4 is 14.8 Å². The van der Waals surface area contributed by atoms with Crippen LogP contribution in [-0.2, 0) is 22.6 Å². The van der Waals surface area contributed by atoms with E-state index in [0.717, 1.165) is 44.0 Å². The predicted molar refractivity (Wildman–Crippen MR) is 116 cm³/mol. The first-order chi connectivity index (χ1) is 14.7. The SMILES string of the molecule is O=C(C=Cc1cc(Cl)c2c(c1)OCCO2)NCc1ccccc1CN1CCOCC1. The number of morpholine rings is 1. The van der Waals surface area contributed by atoms with Gasteiger partial charge >= 0.3 is 0 Å². The molecule has 1 amide bonds. The van der Waals surface area contributed by atoms with Gasteiger partial charge in [-0.1, -0.05) is 35.9 Å². The number of carbonyl (C=O) groups is 1. The minimum Gasteiger partial charge on any atom is -0.486 e. The number of benzene rings is 2. The molecule has 0 saturated carbocycles. The van der Waals surface area contributed by atoms with E-state index in [9.17, 15) is 4.79 Å². The summed E-state index contributed by atoms with van der Waals surface area (Å²) in [4.78, 5) is 14.7. The van der Waals surface area contributed by atoms with E-state index in [2.05, 4.69) is 22.3 Å². The Hall–Kier alpha value is -2.54. The van der Waals surface area contributed by atoms with Crippen molar-refractivity contribution in [3.05, 3.63) is 64.2 Å². The number of nitrogens with one attached hydrogen (secondary N) is 1. The van der Waals surface area contributed by atoms with E-state index in [0.29, 0.717) is 36.3 Å². The van der Waals surface area contributed by atoms with Gasteiger partial charge in [-0.25, -0.2) is 0 Å². The van der Waals surface area contributed by atoms with Crippen LogP contribution in [0.5, 0.6) is 11.5 Å². The summed E-state index contributed by atoms with van der Waals surface area (Å²) < 4.78 is 16.5. The molecule has 2 heterocycles. The molecule has 7 heteroatoms. The Balaban J connectivity index is 1.35. The summed E-state index contributed by atoms with van der Waals surface area (Å²) in [6.45, 7) is 5.72. The molecule has 1 saturated heterocycles. The Morgan fingerprint density at radius 3 is 2.67 bits per heavy atom. The third-order valence-electron chi connectivity index (χ3n) is 5.12. The molecule has 2 aromatic carbocycles. The highest BCUT2D eigenvalue weighted by molar-refractivity contribution is 6.32. The molecule has 2 aliphatic rings. The smallest absolute Gasteiger partial charge is 0.244 e. The summed E-state index contributed by atoms with van der Waals surface area (Å²) in [5.41, 5.74) is 3.13. The van der Waals surface area contributed by atoms with E-state index < -0.39 is 0 Å². The van der Waals surface area contributed by atoms with Gasteiger partial charge in [-0.3, -0.25) is 9.69 Å². The number of carbonyl (C=O) groups excluding carboxylic acids is 1. The van der Waals surface area contributed by atoms with Crippen molar-refractivity contribution in [2.24, 2.45) is 0 Å². The second kappa shape index (κ2) is 9.98. The molecular weight excluding hydrogens is 404 g/mol. The molecule has 0 bridgehead atoms. The fraction of sp³-hybridized carbons (Fsp3) is 0.348. The standard InChI is InChI=1S/C23H25ClN2O4/c24-20-13-17(14-21-23(20)30-12-11-29-21)5-6-22(27)25-15-18-3-1-2-4-19(18)16-26-7-9-28-10-8-26/h1-6,13-14H,7-12,15-16H2,(H,25,27). The molecular formula is C23H25ClN2O4. The molecule has 30 heavy (non-hydrogen) atoms. The number of hydrogen-bond acceptors (Lipinski definition) is 5. The molecule has 0 unspecified atom stereocenters. The van der Waals surface area contributed by atoms with Crippen LogP contribution in [0.1, 0.15) is 16.7 Å². The van der Waals surface area contributed by atoms with Crippen LogP contribution in [0.3, 0.4) is 0 Å². The molecule has 1 N–H and O–H groups in total. The lowest BCUT2D eigenvalue weighted by molar-refractivity contribution is -0.116. The first-order valence-corrected chi connectivity index (χ1v) is 10.5. The highest BCUT2D eigenvalue weighted by atomic mass is 35.5. The number of ether oxygens (including phenoxy) is 3. The summed E-state index contributed by atoms with van der Waals surface area (Å²) in [5.74, 6) is 0.995. The lowest BCUT2D eigenvalue weighted by atomic mass is 10.1. The predicted octanol–water partition coefficient (Wildman–Crippen LogP) is 3.27. The molecule has 0 aliphatic carbocycles. The van der Waals surface area contributed by atoms with Crippen molar-refractivity contribution in [1.82, 2.24) is 10.2 Å².